The van der Waals surface area contributed by atoms with Gasteiger partial charge >= 0.3 is 0 Å². The minimum absolute atomic E-state index is 0.338. The zero-order valence-corrected chi connectivity index (χ0v) is 16.0. The van der Waals surface area contributed by atoms with Crippen LogP contribution in [-0.4, -0.2) is 51.4 Å². The molecule has 2 aromatic rings. The summed E-state index contributed by atoms with van der Waals surface area (Å²) in [5.74, 6) is 1.15. The minimum atomic E-state index is 0.338. The monoisotopic (exact) mass is 370 g/mol. The predicted octanol–water partition coefficient (Wildman–Crippen LogP) is 3.57. The highest BCUT2D eigenvalue weighted by molar-refractivity contribution is 7.13. The van der Waals surface area contributed by atoms with Gasteiger partial charge in [0.1, 0.15) is 0 Å². The van der Waals surface area contributed by atoms with Crippen LogP contribution in [0.1, 0.15) is 44.1 Å². The van der Waals surface area contributed by atoms with E-state index in [4.69, 9.17) is 0 Å². The van der Waals surface area contributed by atoms with Crippen molar-refractivity contribution in [1.29, 1.82) is 0 Å². The number of rotatable bonds is 6. The summed E-state index contributed by atoms with van der Waals surface area (Å²) in [6, 6.07) is 4.65. The zero-order chi connectivity index (χ0) is 17.8. The average Bonchev–Trinajstić information content (AvgIpc) is 3.34. The Kier molecular flexibility index (Phi) is 5.60. The van der Waals surface area contributed by atoms with E-state index in [1.165, 1.54) is 24.8 Å². The standard InChI is InChI=1S/C20H26N4OS/c25-19-7-3-10-23(19)11-8-17-5-1-2-9-24(17)15-16-13-21-20(22-14-16)18-6-4-12-26-18/h4,6,12-14,17H,1-3,5,7-11,15H2/t17-/m0/s1. The molecule has 138 valence electrons. The summed E-state index contributed by atoms with van der Waals surface area (Å²) in [7, 11) is 0. The molecule has 0 bridgehead atoms. The van der Waals surface area contributed by atoms with Crippen LogP contribution in [0.25, 0.3) is 10.7 Å². The summed E-state index contributed by atoms with van der Waals surface area (Å²) < 4.78 is 0. The molecule has 2 aromatic heterocycles. The summed E-state index contributed by atoms with van der Waals surface area (Å²) in [6.45, 7) is 3.89. The molecule has 1 amide bonds. The maximum absolute atomic E-state index is 11.8. The van der Waals surface area contributed by atoms with Gasteiger partial charge < -0.3 is 4.90 Å². The van der Waals surface area contributed by atoms with Gasteiger partial charge in [-0.05, 0) is 43.7 Å². The molecule has 4 heterocycles. The number of likely N-dealkylation sites (tertiary alicyclic amines) is 2. The van der Waals surface area contributed by atoms with Crippen molar-refractivity contribution in [2.24, 2.45) is 0 Å². The van der Waals surface area contributed by atoms with Crippen LogP contribution in [0.15, 0.2) is 29.9 Å². The third-order valence-electron chi connectivity index (χ3n) is 5.49. The Balaban J connectivity index is 1.36. The van der Waals surface area contributed by atoms with E-state index in [1.54, 1.807) is 11.3 Å². The van der Waals surface area contributed by atoms with Crippen LogP contribution >= 0.6 is 11.3 Å². The molecule has 0 saturated carbocycles. The number of piperidine rings is 1. The lowest BCUT2D eigenvalue weighted by atomic mass is 9.98. The van der Waals surface area contributed by atoms with E-state index in [1.807, 2.05) is 23.4 Å². The van der Waals surface area contributed by atoms with Crippen LogP contribution < -0.4 is 0 Å². The molecule has 2 aliphatic heterocycles. The highest BCUT2D eigenvalue weighted by Crippen LogP contribution is 2.24. The van der Waals surface area contributed by atoms with E-state index in [0.717, 1.165) is 56.1 Å². The summed E-state index contributed by atoms with van der Waals surface area (Å²) in [5.41, 5.74) is 1.18. The van der Waals surface area contributed by atoms with Crippen molar-refractivity contribution in [2.75, 3.05) is 19.6 Å². The number of aromatic nitrogens is 2. The third-order valence-corrected chi connectivity index (χ3v) is 6.35. The predicted molar refractivity (Wildman–Crippen MR) is 104 cm³/mol. The van der Waals surface area contributed by atoms with Crippen LogP contribution in [0.3, 0.4) is 0 Å². The van der Waals surface area contributed by atoms with E-state index < -0.39 is 0 Å². The fraction of sp³-hybridized carbons (Fsp3) is 0.550. The third kappa shape index (κ3) is 4.13. The second kappa shape index (κ2) is 8.27. The smallest absolute Gasteiger partial charge is 0.222 e. The molecule has 26 heavy (non-hydrogen) atoms. The van der Waals surface area contributed by atoms with Gasteiger partial charge in [0.05, 0.1) is 4.88 Å². The first-order valence-electron chi connectivity index (χ1n) is 9.66. The molecule has 6 heteroatoms. The van der Waals surface area contributed by atoms with Crippen LogP contribution in [0.5, 0.6) is 0 Å². The maximum atomic E-state index is 11.8. The summed E-state index contributed by atoms with van der Waals surface area (Å²) in [4.78, 5) is 26.7. The van der Waals surface area contributed by atoms with Gasteiger partial charge in [0.25, 0.3) is 0 Å². The molecule has 2 aliphatic rings. The van der Waals surface area contributed by atoms with Crippen molar-refractivity contribution in [2.45, 2.75) is 51.1 Å². The molecule has 1 atom stereocenters. The fourth-order valence-corrected chi connectivity index (χ4v) is 4.72. The number of hydrogen-bond acceptors (Lipinski definition) is 5. The lowest BCUT2D eigenvalue weighted by Gasteiger charge is -2.36. The van der Waals surface area contributed by atoms with Crippen LogP contribution in [0.4, 0.5) is 0 Å². The molecule has 4 rings (SSSR count). The van der Waals surface area contributed by atoms with Gasteiger partial charge in [-0.2, -0.15) is 0 Å². The van der Waals surface area contributed by atoms with E-state index in [9.17, 15) is 4.79 Å². The topological polar surface area (TPSA) is 49.3 Å². The second-order valence-electron chi connectivity index (χ2n) is 7.29. The second-order valence-corrected chi connectivity index (χ2v) is 8.23. The van der Waals surface area contributed by atoms with Gasteiger partial charge in [-0.1, -0.05) is 12.5 Å². The van der Waals surface area contributed by atoms with Gasteiger partial charge in [0, 0.05) is 50.1 Å². The Bertz CT molecular complexity index is 716. The van der Waals surface area contributed by atoms with Crippen LogP contribution in [0.2, 0.25) is 0 Å². The molecule has 2 saturated heterocycles. The minimum Gasteiger partial charge on any atom is -0.343 e. The lowest BCUT2D eigenvalue weighted by Crippen LogP contribution is -2.41. The quantitative estimate of drug-likeness (QED) is 0.780. The van der Waals surface area contributed by atoms with E-state index in [-0.39, 0.29) is 0 Å². The summed E-state index contributed by atoms with van der Waals surface area (Å²) in [6.07, 6.45) is 10.6. The first kappa shape index (κ1) is 17.6. The Hall–Kier alpha value is -1.79. The Morgan fingerprint density at radius 3 is 2.77 bits per heavy atom. The molecule has 0 N–H and O–H groups in total. The Labute approximate surface area is 159 Å². The van der Waals surface area contributed by atoms with Crippen LogP contribution in [-0.2, 0) is 11.3 Å². The molecule has 0 radical (unpaired) electrons. The first-order valence-corrected chi connectivity index (χ1v) is 10.5. The maximum Gasteiger partial charge on any atom is 0.222 e. The number of carbonyl (C=O) groups is 1. The van der Waals surface area contributed by atoms with Crippen molar-refractivity contribution in [3.63, 3.8) is 0 Å². The molecular weight excluding hydrogens is 344 g/mol. The zero-order valence-electron chi connectivity index (χ0n) is 15.1. The number of thiophene rings is 1. The number of hydrogen-bond donors (Lipinski definition) is 0. The Morgan fingerprint density at radius 1 is 1.15 bits per heavy atom. The molecule has 0 aromatic carbocycles. The highest BCUT2D eigenvalue weighted by Gasteiger charge is 2.26. The van der Waals surface area contributed by atoms with Gasteiger partial charge in [-0.15, -0.1) is 11.3 Å². The molecule has 2 fully saturated rings. The SMILES string of the molecule is O=C1CCCN1CC[C@@H]1CCCCN1Cc1cnc(-c2cccs2)nc1. The molecular formula is C20H26N4OS. The number of carbonyl (C=O) groups excluding carboxylic acids is 1. The lowest BCUT2D eigenvalue weighted by molar-refractivity contribution is -0.127. The van der Waals surface area contributed by atoms with Crippen molar-refractivity contribution in [3.8, 4) is 10.7 Å². The van der Waals surface area contributed by atoms with Crippen molar-refractivity contribution >= 4 is 17.2 Å². The van der Waals surface area contributed by atoms with Gasteiger partial charge in [-0.3, -0.25) is 9.69 Å². The van der Waals surface area contributed by atoms with Crippen molar-refractivity contribution in [3.05, 3.63) is 35.5 Å². The fourth-order valence-electron chi connectivity index (χ4n) is 4.04. The summed E-state index contributed by atoms with van der Waals surface area (Å²) >= 11 is 1.67. The van der Waals surface area contributed by atoms with E-state index in [0.29, 0.717) is 11.9 Å². The molecule has 0 unspecified atom stereocenters. The largest absolute Gasteiger partial charge is 0.343 e. The Morgan fingerprint density at radius 2 is 2.04 bits per heavy atom. The van der Waals surface area contributed by atoms with Crippen molar-refractivity contribution in [1.82, 2.24) is 19.8 Å². The molecule has 0 aliphatic carbocycles. The molecule has 5 nitrogen and oxygen atoms in total. The van der Waals surface area contributed by atoms with Gasteiger partial charge in [0.2, 0.25) is 5.91 Å². The van der Waals surface area contributed by atoms with E-state index >= 15 is 0 Å². The average molecular weight is 371 g/mol. The van der Waals surface area contributed by atoms with Gasteiger partial charge in [0.15, 0.2) is 5.82 Å². The van der Waals surface area contributed by atoms with Crippen LogP contribution in [0, 0.1) is 0 Å². The highest BCUT2D eigenvalue weighted by atomic mass is 32.1. The first-order chi connectivity index (χ1) is 12.8. The van der Waals surface area contributed by atoms with Gasteiger partial charge in [-0.25, -0.2) is 9.97 Å². The summed E-state index contributed by atoms with van der Waals surface area (Å²) in [5, 5.41) is 2.05. The van der Waals surface area contributed by atoms with Crippen molar-refractivity contribution < 1.29 is 4.79 Å². The normalized spacial score (nSPS) is 21.5. The molecule has 0 spiro atoms. The number of nitrogens with zero attached hydrogens (tertiary/aromatic N) is 4. The van der Waals surface area contributed by atoms with E-state index in [2.05, 4.69) is 26.3 Å². The number of amides is 1.